The molecule has 1 rings (SSSR count). The molecular weight excluding hydrogens is 257 g/mol. The molecule has 0 aliphatic carbocycles. The molecular formula is C8H5BrClNO2. The topological polar surface area (TPSA) is 43.1 Å². The van der Waals surface area contributed by atoms with Crippen molar-refractivity contribution in [3.63, 3.8) is 0 Å². The Morgan fingerprint density at radius 2 is 2.00 bits per heavy atom. The van der Waals surface area contributed by atoms with Gasteiger partial charge in [-0.05, 0) is 17.7 Å². The third kappa shape index (κ3) is 3.16. The quantitative estimate of drug-likeness (QED) is 0.466. The van der Waals surface area contributed by atoms with Crippen molar-refractivity contribution >= 4 is 33.6 Å². The minimum absolute atomic E-state index is 0.0742. The Hall–Kier alpha value is -0.870. The van der Waals surface area contributed by atoms with Crippen LogP contribution in [0.2, 0.25) is 5.02 Å². The molecule has 5 heteroatoms. The fourth-order valence-electron chi connectivity index (χ4n) is 0.749. The van der Waals surface area contributed by atoms with Gasteiger partial charge in [-0.25, -0.2) is 0 Å². The number of rotatable bonds is 2. The number of nitrogens with zero attached hydrogens (tertiary/aromatic N) is 1. The lowest BCUT2D eigenvalue weighted by Crippen LogP contribution is -1.89. The third-order valence-electron chi connectivity index (χ3n) is 1.33. The Morgan fingerprint density at radius 3 is 2.46 bits per heavy atom. The highest BCUT2D eigenvalue weighted by molar-refractivity contribution is 9.11. The molecule has 1 aromatic rings. The van der Waals surface area contributed by atoms with Crippen LogP contribution in [0.1, 0.15) is 5.56 Å². The van der Waals surface area contributed by atoms with Crippen molar-refractivity contribution in [2.24, 2.45) is 0 Å². The van der Waals surface area contributed by atoms with E-state index in [9.17, 15) is 10.1 Å². The van der Waals surface area contributed by atoms with Crippen molar-refractivity contribution in [2.45, 2.75) is 0 Å². The van der Waals surface area contributed by atoms with Gasteiger partial charge in [-0.1, -0.05) is 23.7 Å². The molecule has 68 valence electrons. The number of hydrogen-bond acceptors (Lipinski definition) is 2. The molecule has 0 N–H and O–H groups in total. The number of benzene rings is 1. The van der Waals surface area contributed by atoms with Crippen molar-refractivity contribution < 1.29 is 4.92 Å². The number of nitro groups is 1. The summed E-state index contributed by atoms with van der Waals surface area (Å²) in [6.45, 7) is 0. The molecule has 0 fully saturated rings. The summed E-state index contributed by atoms with van der Waals surface area (Å²) in [5, 5.41) is 10.8. The lowest BCUT2D eigenvalue weighted by molar-refractivity contribution is -0.407. The van der Waals surface area contributed by atoms with Crippen LogP contribution in [0.4, 0.5) is 0 Å². The summed E-state index contributed by atoms with van der Waals surface area (Å²) in [6, 6.07) is 6.75. The minimum Gasteiger partial charge on any atom is -0.258 e. The van der Waals surface area contributed by atoms with E-state index in [0.717, 1.165) is 5.56 Å². The van der Waals surface area contributed by atoms with Crippen molar-refractivity contribution in [2.75, 3.05) is 0 Å². The first-order chi connectivity index (χ1) is 6.09. The first-order valence-corrected chi connectivity index (χ1v) is 4.54. The summed E-state index contributed by atoms with van der Waals surface area (Å²) in [5.74, 6) is 0. The van der Waals surface area contributed by atoms with E-state index >= 15 is 0 Å². The number of hydrogen-bond donors (Lipinski definition) is 0. The van der Waals surface area contributed by atoms with Crippen LogP contribution >= 0.6 is 27.5 Å². The minimum atomic E-state index is -0.505. The largest absolute Gasteiger partial charge is 0.311 e. The second-order valence-corrected chi connectivity index (χ2v) is 3.52. The molecule has 0 aromatic heterocycles. The van der Waals surface area contributed by atoms with E-state index in [2.05, 4.69) is 15.9 Å². The average molecular weight is 262 g/mol. The third-order valence-corrected chi connectivity index (χ3v) is 2.10. The highest BCUT2D eigenvalue weighted by Crippen LogP contribution is 2.15. The van der Waals surface area contributed by atoms with E-state index in [1.54, 1.807) is 24.3 Å². The predicted molar refractivity (Wildman–Crippen MR) is 55.4 cm³/mol. The summed E-state index contributed by atoms with van der Waals surface area (Å²) in [7, 11) is 0. The molecule has 0 bridgehead atoms. The molecule has 0 unspecified atom stereocenters. The van der Waals surface area contributed by atoms with Crippen LogP contribution in [0.25, 0.3) is 6.08 Å². The highest BCUT2D eigenvalue weighted by atomic mass is 79.9. The second kappa shape index (κ2) is 4.39. The molecule has 13 heavy (non-hydrogen) atoms. The Labute approximate surface area is 88.3 Å². The lowest BCUT2D eigenvalue weighted by Gasteiger charge is -1.92. The van der Waals surface area contributed by atoms with Crippen LogP contribution in [0, 0.1) is 10.1 Å². The van der Waals surface area contributed by atoms with Gasteiger partial charge < -0.3 is 0 Å². The van der Waals surface area contributed by atoms with Crippen molar-refractivity contribution in [1.29, 1.82) is 0 Å². The Morgan fingerprint density at radius 1 is 1.46 bits per heavy atom. The molecule has 0 spiro atoms. The molecule has 0 heterocycles. The maximum Gasteiger partial charge on any atom is 0.311 e. The highest BCUT2D eigenvalue weighted by Gasteiger charge is 2.03. The Balaban J connectivity index is 2.92. The molecule has 0 amide bonds. The molecule has 0 atom stereocenters. The van der Waals surface area contributed by atoms with Crippen LogP contribution in [0.15, 0.2) is 28.9 Å². The van der Waals surface area contributed by atoms with Gasteiger partial charge >= 0.3 is 4.61 Å². The summed E-state index contributed by atoms with van der Waals surface area (Å²) in [6.07, 6.45) is 1.41. The lowest BCUT2D eigenvalue weighted by atomic mass is 10.2. The average Bonchev–Trinajstić information content (AvgIpc) is 2.08. The zero-order valence-corrected chi connectivity index (χ0v) is 8.75. The van der Waals surface area contributed by atoms with Crippen molar-refractivity contribution in [1.82, 2.24) is 0 Å². The van der Waals surface area contributed by atoms with Crippen LogP contribution in [0.5, 0.6) is 0 Å². The molecule has 1 aromatic carbocycles. The summed E-state index contributed by atoms with van der Waals surface area (Å²) in [5.41, 5.74) is 0.730. The van der Waals surface area contributed by atoms with Crippen LogP contribution in [0.3, 0.4) is 0 Å². The van der Waals surface area contributed by atoms with Gasteiger partial charge in [0, 0.05) is 27.0 Å². The first kappa shape index (κ1) is 10.2. The van der Waals surface area contributed by atoms with Gasteiger partial charge in [0.05, 0.1) is 4.92 Å². The maximum absolute atomic E-state index is 10.2. The fourth-order valence-corrected chi connectivity index (χ4v) is 1.14. The molecule has 0 saturated carbocycles. The van der Waals surface area contributed by atoms with Crippen molar-refractivity contribution in [3.05, 3.63) is 49.6 Å². The Bertz CT molecular complexity index is 348. The van der Waals surface area contributed by atoms with Crippen molar-refractivity contribution in [3.8, 4) is 0 Å². The predicted octanol–water partition coefficient (Wildman–Crippen LogP) is 3.31. The molecule has 0 aliphatic rings. The summed E-state index contributed by atoms with van der Waals surface area (Å²) >= 11 is 8.47. The smallest absolute Gasteiger partial charge is 0.258 e. The normalized spacial score (nSPS) is 11.4. The van der Waals surface area contributed by atoms with Gasteiger partial charge in [-0.2, -0.15) is 0 Å². The molecule has 3 nitrogen and oxygen atoms in total. The van der Waals surface area contributed by atoms with Crippen LogP contribution in [-0.2, 0) is 0 Å². The standard InChI is InChI=1S/C8H5BrClNO2/c9-8(11(12)13)5-6-1-3-7(10)4-2-6/h1-5H/b8-5+. The van der Waals surface area contributed by atoms with Gasteiger partial charge in [0.1, 0.15) is 0 Å². The van der Waals surface area contributed by atoms with Crippen LogP contribution in [-0.4, -0.2) is 4.92 Å². The maximum atomic E-state index is 10.2. The zero-order chi connectivity index (χ0) is 9.84. The SMILES string of the molecule is O=[N+]([O-])/C(Br)=C/c1ccc(Cl)cc1. The molecule has 0 saturated heterocycles. The molecule has 0 aliphatic heterocycles. The fraction of sp³-hybridized carbons (Fsp3) is 0. The summed E-state index contributed by atoms with van der Waals surface area (Å²) in [4.78, 5) is 9.73. The molecule has 0 radical (unpaired) electrons. The van der Waals surface area contributed by atoms with Gasteiger partial charge in [-0.15, -0.1) is 0 Å². The van der Waals surface area contributed by atoms with Gasteiger partial charge in [0.15, 0.2) is 0 Å². The van der Waals surface area contributed by atoms with E-state index < -0.39 is 4.92 Å². The Kier molecular flexibility index (Phi) is 3.45. The van der Waals surface area contributed by atoms with Gasteiger partial charge in [0.2, 0.25) is 0 Å². The first-order valence-electron chi connectivity index (χ1n) is 3.37. The van der Waals surface area contributed by atoms with E-state index in [4.69, 9.17) is 11.6 Å². The second-order valence-electron chi connectivity index (χ2n) is 2.28. The zero-order valence-electron chi connectivity index (χ0n) is 6.41. The monoisotopic (exact) mass is 261 g/mol. The summed E-state index contributed by atoms with van der Waals surface area (Å²) < 4.78 is -0.0742. The van der Waals surface area contributed by atoms with E-state index in [1.165, 1.54) is 6.08 Å². The van der Waals surface area contributed by atoms with Gasteiger partial charge in [0.25, 0.3) is 0 Å². The van der Waals surface area contributed by atoms with E-state index in [1.807, 2.05) is 0 Å². The van der Waals surface area contributed by atoms with E-state index in [0.29, 0.717) is 5.02 Å². The van der Waals surface area contributed by atoms with E-state index in [-0.39, 0.29) is 4.61 Å². The van der Waals surface area contributed by atoms with Gasteiger partial charge in [-0.3, -0.25) is 10.1 Å². The number of halogens is 2. The van der Waals surface area contributed by atoms with Crippen LogP contribution < -0.4 is 0 Å².